The number of rotatable bonds is 4. The Labute approximate surface area is 172 Å². The van der Waals surface area contributed by atoms with Gasteiger partial charge in [-0.25, -0.2) is 4.98 Å². The van der Waals surface area contributed by atoms with Gasteiger partial charge in [-0.15, -0.1) is 0 Å². The van der Waals surface area contributed by atoms with Crippen LogP contribution in [0, 0.1) is 0 Å². The van der Waals surface area contributed by atoms with Crippen LogP contribution in [0.3, 0.4) is 0 Å². The highest BCUT2D eigenvalue weighted by Gasteiger charge is 2.13. The first-order chi connectivity index (χ1) is 12.5. The van der Waals surface area contributed by atoms with Gasteiger partial charge in [0.1, 0.15) is 11.3 Å². The number of carbonyl (C=O) groups excluding carboxylic acids is 1. The maximum Gasteiger partial charge on any atom is 0.257 e. The Bertz CT molecular complexity index is 993. The van der Waals surface area contributed by atoms with Crippen molar-refractivity contribution < 1.29 is 9.53 Å². The van der Waals surface area contributed by atoms with E-state index in [1.54, 1.807) is 24.3 Å². The molecule has 0 unspecified atom stereocenters. The van der Waals surface area contributed by atoms with Gasteiger partial charge in [0.2, 0.25) is 0 Å². The van der Waals surface area contributed by atoms with E-state index in [1.165, 1.54) is 11.3 Å². The Morgan fingerprint density at radius 2 is 2.19 bits per heavy atom. The van der Waals surface area contributed by atoms with Crippen LogP contribution in [0.2, 0.25) is 5.02 Å². The molecule has 0 spiro atoms. The second-order valence-corrected chi connectivity index (χ2v) is 7.79. The molecule has 0 fully saturated rings. The summed E-state index contributed by atoms with van der Waals surface area (Å²) in [7, 11) is 0. The SMILES string of the molecule is CCOc1ccc(C(=O)NC(=S)Nc2nc3c(Cl)cccc3s2)cc1Br. The number of nitrogens with zero attached hydrogens (tertiary/aromatic N) is 1. The molecule has 0 saturated heterocycles. The highest BCUT2D eigenvalue weighted by Crippen LogP contribution is 2.30. The number of para-hydroxylation sites is 1. The van der Waals surface area contributed by atoms with Crippen molar-refractivity contribution >= 4 is 77.5 Å². The number of nitrogens with one attached hydrogen (secondary N) is 2. The van der Waals surface area contributed by atoms with Gasteiger partial charge in [0, 0.05) is 5.56 Å². The molecular formula is C17H13BrClN3O2S2. The maximum atomic E-state index is 12.4. The van der Waals surface area contributed by atoms with E-state index in [0.29, 0.717) is 38.1 Å². The van der Waals surface area contributed by atoms with Crippen LogP contribution in [0.1, 0.15) is 17.3 Å². The number of anilines is 1. The number of hydrogen-bond acceptors (Lipinski definition) is 5. The monoisotopic (exact) mass is 469 g/mol. The second kappa shape index (κ2) is 8.30. The van der Waals surface area contributed by atoms with Crippen LogP contribution in [0.15, 0.2) is 40.9 Å². The van der Waals surface area contributed by atoms with Crippen LogP contribution in [0.25, 0.3) is 10.2 Å². The highest BCUT2D eigenvalue weighted by molar-refractivity contribution is 9.10. The molecule has 0 atom stereocenters. The molecule has 0 saturated carbocycles. The zero-order valence-corrected chi connectivity index (χ0v) is 17.5. The fourth-order valence-electron chi connectivity index (χ4n) is 2.19. The number of ether oxygens (including phenoxy) is 1. The molecule has 1 amide bonds. The zero-order valence-electron chi connectivity index (χ0n) is 13.5. The molecule has 5 nitrogen and oxygen atoms in total. The number of thiocarbonyl (C=S) groups is 1. The molecule has 1 heterocycles. The summed E-state index contributed by atoms with van der Waals surface area (Å²) in [4.78, 5) is 16.7. The number of aromatic nitrogens is 1. The molecule has 0 aliphatic rings. The molecule has 1 aromatic heterocycles. The van der Waals surface area contributed by atoms with Crippen molar-refractivity contribution in [3.05, 3.63) is 51.5 Å². The Hall–Kier alpha value is -1.74. The molecule has 134 valence electrons. The smallest absolute Gasteiger partial charge is 0.257 e. The summed E-state index contributed by atoms with van der Waals surface area (Å²) in [6, 6.07) is 10.6. The summed E-state index contributed by atoms with van der Waals surface area (Å²) in [6.07, 6.45) is 0. The molecule has 26 heavy (non-hydrogen) atoms. The van der Waals surface area contributed by atoms with Crippen molar-refractivity contribution in [2.24, 2.45) is 0 Å². The molecular weight excluding hydrogens is 458 g/mol. The van der Waals surface area contributed by atoms with Gasteiger partial charge in [-0.3, -0.25) is 10.1 Å². The lowest BCUT2D eigenvalue weighted by molar-refractivity contribution is 0.0977. The maximum absolute atomic E-state index is 12.4. The number of hydrogen-bond donors (Lipinski definition) is 2. The molecule has 9 heteroatoms. The Morgan fingerprint density at radius 1 is 1.38 bits per heavy atom. The van der Waals surface area contributed by atoms with Crippen molar-refractivity contribution in [1.82, 2.24) is 10.3 Å². The molecule has 3 rings (SSSR count). The third kappa shape index (κ3) is 4.32. The molecule has 3 aromatic rings. The third-order valence-electron chi connectivity index (χ3n) is 3.31. The summed E-state index contributed by atoms with van der Waals surface area (Å²) in [5, 5.41) is 6.85. The fourth-order valence-corrected chi connectivity index (χ4v) is 4.10. The van der Waals surface area contributed by atoms with Gasteiger partial charge >= 0.3 is 0 Å². The van der Waals surface area contributed by atoms with Crippen LogP contribution in [-0.2, 0) is 0 Å². The lowest BCUT2D eigenvalue weighted by Gasteiger charge is -2.09. The average molecular weight is 471 g/mol. The van der Waals surface area contributed by atoms with E-state index in [4.69, 9.17) is 28.6 Å². The summed E-state index contributed by atoms with van der Waals surface area (Å²) in [5.74, 6) is 0.349. The average Bonchev–Trinajstić information content (AvgIpc) is 3.00. The van der Waals surface area contributed by atoms with E-state index >= 15 is 0 Å². The van der Waals surface area contributed by atoms with E-state index < -0.39 is 0 Å². The predicted molar refractivity (Wildman–Crippen MR) is 114 cm³/mol. The fraction of sp³-hybridized carbons (Fsp3) is 0.118. The summed E-state index contributed by atoms with van der Waals surface area (Å²) in [6.45, 7) is 2.44. The minimum atomic E-state index is -0.328. The van der Waals surface area contributed by atoms with Crippen LogP contribution >= 0.6 is 51.1 Å². The van der Waals surface area contributed by atoms with Gasteiger partial charge in [-0.1, -0.05) is 29.0 Å². The summed E-state index contributed by atoms with van der Waals surface area (Å²) in [5.41, 5.74) is 1.16. The third-order valence-corrected chi connectivity index (χ3v) is 5.38. The molecule has 0 aliphatic carbocycles. The Balaban J connectivity index is 1.68. The van der Waals surface area contributed by atoms with Crippen LogP contribution < -0.4 is 15.4 Å². The zero-order chi connectivity index (χ0) is 18.7. The van der Waals surface area contributed by atoms with Crippen molar-refractivity contribution in [2.45, 2.75) is 6.92 Å². The van der Waals surface area contributed by atoms with E-state index in [2.05, 4.69) is 31.5 Å². The van der Waals surface area contributed by atoms with Gasteiger partial charge in [0.05, 0.1) is 20.8 Å². The van der Waals surface area contributed by atoms with Gasteiger partial charge in [-0.05, 0) is 65.4 Å². The second-order valence-electron chi connectivity index (χ2n) is 5.09. The van der Waals surface area contributed by atoms with Crippen LogP contribution in [0.4, 0.5) is 5.13 Å². The quantitative estimate of drug-likeness (QED) is 0.511. The standard InChI is InChI=1S/C17H13BrClN3O2S2/c1-2-24-12-7-6-9(8-10(12)18)15(23)21-16(25)22-17-20-14-11(19)4-3-5-13(14)26-17/h3-8H,2H2,1H3,(H2,20,21,22,23,25). The number of fused-ring (bicyclic) bond motifs is 1. The molecule has 2 aromatic carbocycles. The molecule has 0 radical (unpaired) electrons. The molecule has 2 N–H and O–H groups in total. The normalized spacial score (nSPS) is 10.6. The van der Waals surface area contributed by atoms with Crippen LogP contribution in [0.5, 0.6) is 5.75 Å². The van der Waals surface area contributed by atoms with Gasteiger partial charge in [0.15, 0.2) is 10.2 Å². The van der Waals surface area contributed by atoms with Gasteiger partial charge in [-0.2, -0.15) is 0 Å². The Morgan fingerprint density at radius 3 is 2.88 bits per heavy atom. The van der Waals surface area contributed by atoms with E-state index in [9.17, 15) is 4.79 Å². The van der Waals surface area contributed by atoms with Crippen molar-refractivity contribution in [3.8, 4) is 5.75 Å². The summed E-state index contributed by atoms with van der Waals surface area (Å²) >= 11 is 16.1. The summed E-state index contributed by atoms with van der Waals surface area (Å²) < 4.78 is 7.07. The Kier molecular flexibility index (Phi) is 6.08. The largest absolute Gasteiger partial charge is 0.493 e. The topological polar surface area (TPSA) is 63.2 Å². The number of halogens is 2. The number of benzene rings is 2. The first-order valence-corrected chi connectivity index (χ1v) is 9.97. The minimum absolute atomic E-state index is 0.162. The molecule has 0 bridgehead atoms. The van der Waals surface area contributed by atoms with Gasteiger partial charge in [0.25, 0.3) is 5.91 Å². The first-order valence-electron chi connectivity index (χ1n) is 7.57. The van der Waals surface area contributed by atoms with E-state index in [1.807, 2.05) is 19.1 Å². The van der Waals surface area contributed by atoms with Crippen molar-refractivity contribution in [1.29, 1.82) is 0 Å². The van der Waals surface area contributed by atoms with Crippen molar-refractivity contribution in [2.75, 3.05) is 11.9 Å². The predicted octanol–water partition coefficient (Wildman–Crippen LogP) is 5.24. The lowest BCUT2D eigenvalue weighted by Crippen LogP contribution is -2.34. The lowest BCUT2D eigenvalue weighted by atomic mass is 10.2. The van der Waals surface area contributed by atoms with Crippen LogP contribution in [-0.4, -0.2) is 22.6 Å². The number of amides is 1. The molecule has 0 aliphatic heterocycles. The number of carbonyl (C=O) groups is 1. The number of thiazole rings is 1. The highest BCUT2D eigenvalue weighted by atomic mass is 79.9. The van der Waals surface area contributed by atoms with E-state index in [0.717, 1.165) is 4.70 Å². The minimum Gasteiger partial charge on any atom is -0.493 e. The van der Waals surface area contributed by atoms with Gasteiger partial charge < -0.3 is 10.1 Å². The van der Waals surface area contributed by atoms with E-state index in [-0.39, 0.29) is 11.0 Å². The first kappa shape index (κ1) is 19.0. The van der Waals surface area contributed by atoms with Crippen molar-refractivity contribution in [3.63, 3.8) is 0 Å².